The normalized spacial score (nSPS) is 18.7. The lowest BCUT2D eigenvalue weighted by Gasteiger charge is -2.37. The van der Waals surface area contributed by atoms with Crippen LogP contribution in [-0.4, -0.2) is 77.7 Å². The van der Waals surface area contributed by atoms with Gasteiger partial charge in [0.1, 0.15) is 5.56 Å². The van der Waals surface area contributed by atoms with E-state index in [1.165, 1.54) is 0 Å². The maximum absolute atomic E-state index is 13.9. The van der Waals surface area contributed by atoms with E-state index in [0.717, 1.165) is 33.4 Å². The number of carboxylic acid groups (broad SMARTS) is 1. The minimum Gasteiger partial charge on any atom is -0.478 e. The Bertz CT molecular complexity index is 1430. The smallest absolute Gasteiger partial charge is 0.433 e. The van der Waals surface area contributed by atoms with Crippen molar-refractivity contribution in [3.63, 3.8) is 0 Å². The number of halogens is 7. The number of aromatic nitrogens is 2. The number of carboxylic acids is 1. The fraction of sp³-hybridized carbons (Fsp3) is 0.448. The third-order valence-electron chi connectivity index (χ3n) is 7.96. The van der Waals surface area contributed by atoms with Crippen LogP contribution in [0.2, 0.25) is 5.02 Å². The second-order valence-corrected chi connectivity index (χ2v) is 11.2. The van der Waals surface area contributed by atoms with E-state index in [1.54, 1.807) is 12.1 Å². The summed E-state index contributed by atoms with van der Waals surface area (Å²) in [7, 11) is 0. The topological polar surface area (TPSA) is 64.8 Å². The van der Waals surface area contributed by atoms with Gasteiger partial charge in [-0.25, -0.2) is 4.79 Å². The van der Waals surface area contributed by atoms with Crippen molar-refractivity contribution in [1.29, 1.82) is 0 Å². The van der Waals surface area contributed by atoms with Crippen molar-refractivity contribution in [1.82, 2.24) is 14.7 Å². The van der Waals surface area contributed by atoms with Gasteiger partial charge in [-0.15, -0.1) is 0 Å². The van der Waals surface area contributed by atoms with Crippen molar-refractivity contribution in [3.8, 4) is 11.1 Å². The van der Waals surface area contributed by atoms with Crippen molar-refractivity contribution in [2.24, 2.45) is 0 Å². The van der Waals surface area contributed by atoms with E-state index < -0.39 is 42.0 Å². The number of hydrogen-bond acceptors (Lipinski definition) is 5. The Morgan fingerprint density at radius 3 is 2.28 bits per heavy atom. The summed E-state index contributed by atoms with van der Waals surface area (Å²) in [6.45, 7) is 3.02. The Morgan fingerprint density at radius 2 is 1.65 bits per heavy atom. The summed E-state index contributed by atoms with van der Waals surface area (Å²) in [4.78, 5) is 17.4. The predicted octanol–water partition coefficient (Wildman–Crippen LogP) is 6.84. The third-order valence-corrected chi connectivity index (χ3v) is 8.20. The molecule has 0 saturated carbocycles. The molecule has 3 aromatic rings. The Morgan fingerprint density at radius 1 is 0.953 bits per heavy atom. The van der Waals surface area contributed by atoms with Crippen LogP contribution in [0.5, 0.6) is 0 Å². The number of piperazine rings is 1. The molecule has 0 radical (unpaired) electrons. The van der Waals surface area contributed by atoms with Crippen LogP contribution in [0.1, 0.15) is 41.4 Å². The number of piperidine rings is 1. The van der Waals surface area contributed by atoms with Crippen molar-refractivity contribution in [2.45, 2.75) is 37.7 Å². The van der Waals surface area contributed by atoms with Crippen molar-refractivity contribution < 1.29 is 36.2 Å². The van der Waals surface area contributed by atoms with Crippen molar-refractivity contribution in [3.05, 3.63) is 64.9 Å². The molecule has 5 rings (SSSR count). The molecule has 2 aliphatic rings. The quantitative estimate of drug-likeness (QED) is 0.289. The van der Waals surface area contributed by atoms with Crippen LogP contribution in [0.15, 0.2) is 48.7 Å². The minimum atomic E-state index is -4.88. The van der Waals surface area contributed by atoms with Gasteiger partial charge in [-0.1, -0.05) is 29.8 Å². The maximum Gasteiger partial charge on any atom is 0.433 e. The molecule has 0 spiro atoms. The first-order chi connectivity index (χ1) is 20.3. The zero-order chi connectivity index (χ0) is 30.9. The monoisotopic (exact) mass is 629 g/mol. The SMILES string of the molecule is O=C(O)c1cnn(C2CCCN(c3cc(Cl)ccc3-c3ccc(N4CCN(CCC(F)(F)F)CC4)cc3)C2)c1C(F)(F)F. The van der Waals surface area contributed by atoms with Crippen LogP contribution >= 0.6 is 11.6 Å². The van der Waals surface area contributed by atoms with Gasteiger partial charge in [-0.2, -0.15) is 31.4 Å². The molecule has 1 N–H and O–H groups in total. The Kier molecular flexibility index (Phi) is 8.85. The molecule has 7 nitrogen and oxygen atoms in total. The van der Waals surface area contributed by atoms with Gasteiger partial charge in [0.15, 0.2) is 5.69 Å². The fourth-order valence-corrected chi connectivity index (χ4v) is 5.99. The van der Waals surface area contributed by atoms with Gasteiger partial charge in [0, 0.05) is 67.8 Å². The zero-order valence-electron chi connectivity index (χ0n) is 23.0. The summed E-state index contributed by atoms with van der Waals surface area (Å²) in [5.41, 5.74) is 1.23. The maximum atomic E-state index is 13.9. The predicted molar refractivity (Wildman–Crippen MR) is 151 cm³/mol. The number of nitrogens with zero attached hydrogens (tertiary/aromatic N) is 5. The van der Waals surface area contributed by atoms with E-state index in [0.29, 0.717) is 50.6 Å². The highest BCUT2D eigenvalue weighted by molar-refractivity contribution is 6.31. The van der Waals surface area contributed by atoms with Gasteiger partial charge in [-0.05, 0) is 42.7 Å². The Labute approximate surface area is 249 Å². The molecule has 0 aliphatic carbocycles. The van der Waals surface area contributed by atoms with Gasteiger partial charge in [-0.3, -0.25) is 9.58 Å². The summed E-state index contributed by atoms with van der Waals surface area (Å²) in [6, 6.07) is 12.4. The van der Waals surface area contributed by atoms with Crippen molar-refractivity contribution in [2.75, 3.05) is 55.6 Å². The average molecular weight is 630 g/mol. The van der Waals surface area contributed by atoms with Crippen LogP contribution < -0.4 is 9.80 Å². The molecule has 0 amide bonds. The lowest BCUT2D eigenvalue weighted by molar-refractivity contribution is -0.145. The average Bonchev–Trinajstić information content (AvgIpc) is 3.43. The minimum absolute atomic E-state index is 0.00832. The number of alkyl halides is 6. The molecule has 1 atom stereocenters. The number of benzene rings is 2. The highest BCUT2D eigenvalue weighted by atomic mass is 35.5. The number of hydrogen-bond donors (Lipinski definition) is 1. The molecule has 0 bridgehead atoms. The number of rotatable bonds is 7. The Balaban J connectivity index is 1.33. The Hall–Kier alpha value is -3.45. The molecule has 232 valence electrons. The first kappa shape index (κ1) is 31.0. The van der Waals surface area contributed by atoms with E-state index in [1.807, 2.05) is 40.1 Å². The standard InChI is InChI=1S/C29H30ClF6N5O2/c30-20-5-8-23(19-3-6-21(7-4-19)39-14-12-38(13-15-39)11-9-28(31,32)33)25(16-20)40-10-1-2-22(18-40)41-26(29(34,35)36)24(17-37-41)27(42)43/h3-8,16-17,22H,1-2,9-15,18H2,(H,42,43). The van der Waals surface area contributed by atoms with Gasteiger partial charge in [0.25, 0.3) is 0 Å². The molecule has 2 aliphatic heterocycles. The van der Waals surface area contributed by atoms with E-state index in [4.69, 9.17) is 11.6 Å². The second kappa shape index (κ2) is 12.3. The van der Waals surface area contributed by atoms with E-state index >= 15 is 0 Å². The molecular weight excluding hydrogens is 600 g/mol. The van der Waals surface area contributed by atoms with Crippen LogP contribution in [0.4, 0.5) is 37.7 Å². The van der Waals surface area contributed by atoms with Gasteiger partial charge in [0.05, 0.1) is 18.7 Å². The molecule has 2 saturated heterocycles. The first-order valence-corrected chi connectivity index (χ1v) is 14.2. The highest BCUT2D eigenvalue weighted by Crippen LogP contribution is 2.39. The van der Waals surface area contributed by atoms with Crippen molar-refractivity contribution >= 4 is 28.9 Å². The summed E-state index contributed by atoms with van der Waals surface area (Å²) >= 11 is 6.35. The first-order valence-electron chi connectivity index (χ1n) is 13.9. The molecule has 3 heterocycles. The van der Waals surface area contributed by atoms with Crippen LogP contribution in [0.3, 0.4) is 0 Å². The van der Waals surface area contributed by atoms with E-state index in [2.05, 4.69) is 10.00 Å². The fourth-order valence-electron chi connectivity index (χ4n) is 5.83. The van der Waals surface area contributed by atoms with Gasteiger partial charge >= 0.3 is 18.3 Å². The lowest BCUT2D eigenvalue weighted by atomic mass is 9.99. The number of anilines is 2. The van der Waals surface area contributed by atoms with Crippen LogP contribution in [0, 0.1) is 0 Å². The van der Waals surface area contributed by atoms with Crippen LogP contribution in [-0.2, 0) is 6.18 Å². The molecule has 2 fully saturated rings. The summed E-state index contributed by atoms with van der Waals surface area (Å²) in [5, 5.41) is 13.6. The molecule has 2 aromatic carbocycles. The molecule has 1 aromatic heterocycles. The summed E-state index contributed by atoms with van der Waals surface area (Å²) in [5.74, 6) is -1.69. The number of carbonyl (C=O) groups is 1. The highest BCUT2D eigenvalue weighted by Gasteiger charge is 2.42. The number of aromatic carboxylic acids is 1. The second-order valence-electron chi connectivity index (χ2n) is 10.8. The van der Waals surface area contributed by atoms with Gasteiger partial charge in [0.2, 0.25) is 0 Å². The lowest BCUT2D eigenvalue weighted by Crippen LogP contribution is -2.47. The van der Waals surface area contributed by atoms with Gasteiger partial charge < -0.3 is 14.9 Å². The summed E-state index contributed by atoms with van der Waals surface area (Å²) in [6.07, 6.45) is -8.17. The zero-order valence-corrected chi connectivity index (χ0v) is 23.8. The molecule has 14 heteroatoms. The third kappa shape index (κ3) is 7.20. The molecule has 43 heavy (non-hydrogen) atoms. The van der Waals surface area contributed by atoms with Crippen LogP contribution in [0.25, 0.3) is 11.1 Å². The van der Waals surface area contributed by atoms with E-state index in [-0.39, 0.29) is 13.1 Å². The molecular formula is C29H30ClF6N5O2. The largest absolute Gasteiger partial charge is 0.478 e. The summed E-state index contributed by atoms with van der Waals surface area (Å²) < 4.78 is 80.1. The van der Waals surface area contributed by atoms with E-state index in [9.17, 15) is 36.2 Å². The molecule has 1 unspecified atom stereocenters.